The van der Waals surface area contributed by atoms with Gasteiger partial charge >= 0.3 is 0 Å². The number of nitrogens with zero attached hydrogens (tertiary/aromatic N) is 1. The van der Waals surface area contributed by atoms with Crippen LogP contribution in [-0.2, 0) is 0 Å². The molecule has 0 atom stereocenters. The van der Waals surface area contributed by atoms with E-state index in [9.17, 15) is 4.39 Å². The third kappa shape index (κ3) is 2.37. The van der Waals surface area contributed by atoms with Crippen molar-refractivity contribution in [2.24, 2.45) is 0 Å². The molecular weight excluding hydrogens is 227 g/mol. The van der Waals surface area contributed by atoms with Crippen molar-refractivity contribution in [1.82, 2.24) is 5.32 Å². The number of rotatable bonds is 1. The van der Waals surface area contributed by atoms with Crippen LogP contribution in [0.2, 0.25) is 0 Å². The lowest BCUT2D eigenvalue weighted by molar-refractivity contribution is 0.354. The summed E-state index contributed by atoms with van der Waals surface area (Å²) in [5.74, 6) is -0.134. The summed E-state index contributed by atoms with van der Waals surface area (Å²) in [6.07, 6.45) is 6.31. The van der Waals surface area contributed by atoms with Gasteiger partial charge in [-0.05, 0) is 44.0 Å². The average Bonchev–Trinajstić information content (AvgIpc) is 2.70. The molecule has 1 saturated carbocycles. The summed E-state index contributed by atoms with van der Waals surface area (Å²) in [6.45, 7) is 3.14. The molecule has 1 aliphatic carbocycles. The van der Waals surface area contributed by atoms with E-state index < -0.39 is 0 Å². The van der Waals surface area contributed by atoms with Gasteiger partial charge in [0, 0.05) is 24.3 Å². The third-order valence-electron chi connectivity index (χ3n) is 4.33. The molecule has 0 amide bonds. The summed E-state index contributed by atoms with van der Waals surface area (Å²) >= 11 is 0. The Kier molecular flexibility index (Phi) is 3.25. The Bertz CT molecular complexity index is 413. The number of hydrogen-bond acceptors (Lipinski definition) is 2. The van der Waals surface area contributed by atoms with Crippen LogP contribution in [0.15, 0.2) is 24.3 Å². The molecule has 3 heteroatoms. The van der Waals surface area contributed by atoms with Crippen molar-refractivity contribution in [3.05, 3.63) is 30.1 Å². The maximum atomic E-state index is 13.4. The minimum atomic E-state index is -0.134. The SMILES string of the molecule is Fc1cccc(N2CCCNC3(CCCC3)C2)c1. The van der Waals surface area contributed by atoms with Gasteiger partial charge in [-0.1, -0.05) is 18.9 Å². The molecule has 1 N–H and O–H groups in total. The largest absolute Gasteiger partial charge is 0.370 e. The second-order valence-corrected chi connectivity index (χ2v) is 5.67. The van der Waals surface area contributed by atoms with E-state index in [1.165, 1.54) is 31.7 Å². The highest BCUT2D eigenvalue weighted by Crippen LogP contribution is 2.33. The van der Waals surface area contributed by atoms with Gasteiger partial charge in [0.15, 0.2) is 0 Å². The van der Waals surface area contributed by atoms with Crippen molar-refractivity contribution in [2.75, 3.05) is 24.5 Å². The van der Waals surface area contributed by atoms with Crippen molar-refractivity contribution in [3.63, 3.8) is 0 Å². The predicted octanol–water partition coefficient (Wildman–Crippen LogP) is 2.94. The fraction of sp³-hybridized carbons (Fsp3) is 0.600. The fourth-order valence-corrected chi connectivity index (χ4v) is 3.40. The Hall–Kier alpha value is -1.09. The van der Waals surface area contributed by atoms with Gasteiger partial charge in [-0.15, -0.1) is 0 Å². The first-order valence-corrected chi connectivity index (χ1v) is 7.03. The van der Waals surface area contributed by atoms with Crippen molar-refractivity contribution in [3.8, 4) is 0 Å². The number of anilines is 1. The molecule has 0 unspecified atom stereocenters. The smallest absolute Gasteiger partial charge is 0.125 e. The molecule has 2 aliphatic rings. The molecule has 1 aromatic carbocycles. The van der Waals surface area contributed by atoms with Crippen LogP contribution in [0.3, 0.4) is 0 Å². The Morgan fingerprint density at radius 3 is 2.78 bits per heavy atom. The number of nitrogens with one attached hydrogen (secondary N) is 1. The normalized spacial score (nSPS) is 23.3. The second kappa shape index (κ2) is 4.88. The number of hydrogen-bond donors (Lipinski definition) is 1. The van der Waals surface area contributed by atoms with Gasteiger partial charge in [0.05, 0.1) is 0 Å². The van der Waals surface area contributed by atoms with Crippen molar-refractivity contribution < 1.29 is 4.39 Å². The van der Waals surface area contributed by atoms with Crippen molar-refractivity contribution >= 4 is 5.69 Å². The maximum absolute atomic E-state index is 13.4. The number of benzene rings is 1. The molecule has 0 bridgehead atoms. The van der Waals surface area contributed by atoms with Gasteiger partial charge in [0.1, 0.15) is 5.82 Å². The van der Waals surface area contributed by atoms with Gasteiger partial charge in [-0.2, -0.15) is 0 Å². The monoisotopic (exact) mass is 248 g/mol. The van der Waals surface area contributed by atoms with Crippen LogP contribution < -0.4 is 10.2 Å². The zero-order valence-electron chi connectivity index (χ0n) is 10.8. The molecule has 1 aromatic rings. The van der Waals surface area contributed by atoms with E-state index in [-0.39, 0.29) is 11.4 Å². The van der Waals surface area contributed by atoms with Crippen LogP contribution in [0.4, 0.5) is 10.1 Å². The van der Waals surface area contributed by atoms with Gasteiger partial charge in [0.25, 0.3) is 0 Å². The topological polar surface area (TPSA) is 15.3 Å². The standard InChI is InChI=1S/C15H21FN2/c16-13-5-3-6-14(11-13)18-10-4-9-17-15(12-18)7-1-2-8-15/h3,5-6,11,17H,1-2,4,7-10,12H2. The minimum absolute atomic E-state index is 0.134. The first-order valence-electron chi connectivity index (χ1n) is 7.03. The summed E-state index contributed by atoms with van der Waals surface area (Å²) in [4.78, 5) is 2.36. The molecule has 18 heavy (non-hydrogen) atoms. The highest BCUT2D eigenvalue weighted by atomic mass is 19.1. The Morgan fingerprint density at radius 2 is 2.00 bits per heavy atom. The quantitative estimate of drug-likeness (QED) is 0.822. The van der Waals surface area contributed by atoms with Crippen LogP contribution in [0.1, 0.15) is 32.1 Å². The molecule has 1 aliphatic heterocycles. The zero-order valence-corrected chi connectivity index (χ0v) is 10.8. The zero-order chi connectivity index (χ0) is 12.4. The summed E-state index contributed by atoms with van der Waals surface area (Å²) < 4.78 is 13.4. The second-order valence-electron chi connectivity index (χ2n) is 5.67. The molecule has 1 saturated heterocycles. The maximum Gasteiger partial charge on any atom is 0.125 e. The predicted molar refractivity (Wildman–Crippen MR) is 72.4 cm³/mol. The molecule has 0 radical (unpaired) electrons. The van der Waals surface area contributed by atoms with E-state index in [1.54, 1.807) is 6.07 Å². The highest BCUT2D eigenvalue weighted by molar-refractivity contribution is 5.47. The van der Waals surface area contributed by atoms with E-state index in [4.69, 9.17) is 0 Å². The minimum Gasteiger partial charge on any atom is -0.370 e. The molecule has 98 valence electrons. The van der Waals surface area contributed by atoms with Crippen LogP contribution in [-0.4, -0.2) is 25.2 Å². The molecule has 3 rings (SSSR count). The van der Waals surface area contributed by atoms with E-state index >= 15 is 0 Å². The van der Waals surface area contributed by atoms with E-state index in [2.05, 4.69) is 10.2 Å². The van der Waals surface area contributed by atoms with Gasteiger partial charge in [-0.25, -0.2) is 4.39 Å². The summed E-state index contributed by atoms with van der Waals surface area (Å²) in [6, 6.07) is 7.01. The molecule has 0 aromatic heterocycles. The lowest BCUT2D eigenvalue weighted by Crippen LogP contribution is -2.49. The number of halogens is 1. The first-order chi connectivity index (χ1) is 8.77. The molecule has 2 fully saturated rings. The van der Waals surface area contributed by atoms with Crippen LogP contribution >= 0.6 is 0 Å². The average molecular weight is 248 g/mol. The Labute approximate surface area is 108 Å². The summed E-state index contributed by atoms with van der Waals surface area (Å²) in [5.41, 5.74) is 1.31. The molecule has 1 heterocycles. The lowest BCUT2D eigenvalue weighted by Gasteiger charge is -2.34. The highest BCUT2D eigenvalue weighted by Gasteiger charge is 2.36. The summed E-state index contributed by atoms with van der Waals surface area (Å²) in [5, 5.41) is 3.74. The lowest BCUT2D eigenvalue weighted by atomic mass is 9.97. The third-order valence-corrected chi connectivity index (χ3v) is 4.33. The van der Waals surface area contributed by atoms with Gasteiger partial charge < -0.3 is 10.2 Å². The van der Waals surface area contributed by atoms with Crippen LogP contribution in [0.5, 0.6) is 0 Å². The molecule has 1 spiro atoms. The van der Waals surface area contributed by atoms with Gasteiger partial charge in [0.2, 0.25) is 0 Å². The van der Waals surface area contributed by atoms with Crippen LogP contribution in [0, 0.1) is 5.82 Å². The van der Waals surface area contributed by atoms with E-state index in [1.807, 2.05) is 12.1 Å². The van der Waals surface area contributed by atoms with Gasteiger partial charge in [-0.3, -0.25) is 0 Å². The fourth-order valence-electron chi connectivity index (χ4n) is 3.40. The Morgan fingerprint density at radius 1 is 1.17 bits per heavy atom. The Balaban J connectivity index is 1.82. The van der Waals surface area contributed by atoms with Crippen LogP contribution in [0.25, 0.3) is 0 Å². The summed E-state index contributed by atoms with van der Waals surface area (Å²) in [7, 11) is 0. The van der Waals surface area contributed by atoms with Crippen molar-refractivity contribution in [1.29, 1.82) is 0 Å². The van der Waals surface area contributed by atoms with E-state index in [0.717, 1.165) is 31.7 Å². The van der Waals surface area contributed by atoms with E-state index in [0.29, 0.717) is 0 Å². The van der Waals surface area contributed by atoms with Crippen molar-refractivity contribution in [2.45, 2.75) is 37.6 Å². The first kappa shape index (κ1) is 12.0. The molecule has 2 nitrogen and oxygen atoms in total. The molecular formula is C15H21FN2.